The summed E-state index contributed by atoms with van der Waals surface area (Å²) in [5.41, 5.74) is 5.91. The molecule has 1 aromatic heterocycles. The Kier molecular flexibility index (Phi) is 5.60. The van der Waals surface area contributed by atoms with Gasteiger partial charge in [0.05, 0.1) is 0 Å². The highest BCUT2D eigenvalue weighted by atomic mass is 16.2. The maximum Gasteiger partial charge on any atom is 0.251 e. The number of pyridine rings is 1. The number of likely N-dealkylation sites (N-methyl/N-ethyl adjacent to an activating group) is 1. The highest BCUT2D eigenvalue weighted by Gasteiger charge is 2.15. The molecular weight excluding hydrogens is 242 g/mol. The van der Waals surface area contributed by atoms with Crippen molar-refractivity contribution in [2.45, 2.75) is 33.7 Å². The number of hydrogen-bond donors (Lipinski definition) is 1. The zero-order valence-corrected chi connectivity index (χ0v) is 11.9. The number of rotatable bonds is 6. The zero-order valence-electron chi connectivity index (χ0n) is 11.9. The molecule has 0 aliphatic carbocycles. The summed E-state index contributed by atoms with van der Waals surface area (Å²) in [6, 6.07) is 2.92. The lowest BCUT2D eigenvalue weighted by Crippen LogP contribution is -2.38. The second-order valence-electron chi connectivity index (χ2n) is 4.87. The van der Waals surface area contributed by atoms with Crippen molar-refractivity contribution in [2.75, 3.05) is 18.8 Å². The maximum atomic E-state index is 12.2. The van der Waals surface area contributed by atoms with Crippen LogP contribution in [-0.4, -0.2) is 28.5 Å². The molecule has 0 aliphatic rings. The Morgan fingerprint density at radius 1 is 1.42 bits per heavy atom. The molecule has 1 amide bonds. The lowest BCUT2D eigenvalue weighted by Gasteiger charge is -2.24. The van der Waals surface area contributed by atoms with Crippen LogP contribution in [0, 0.1) is 5.92 Å². The van der Waals surface area contributed by atoms with Gasteiger partial charge in [-0.05, 0) is 18.9 Å². The van der Waals surface area contributed by atoms with Crippen molar-refractivity contribution in [1.29, 1.82) is 0 Å². The predicted molar refractivity (Wildman–Crippen MR) is 76.8 cm³/mol. The average molecular weight is 265 g/mol. The van der Waals surface area contributed by atoms with Crippen molar-refractivity contribution in [1.82, 2.24) is 9.47 Å². The van der Waals surface area contributed by atoms with Gasteiger partial charge in [-0.25, -0.2) is 0 Å². The Labute approximate surface area is 114 Å². The van der Waals surface area contributed by atoms with Gasteiger partial charge in [-0.15, -0.1) is 0 Å². The standard InChI is InChI=1S/C14H23N3O2/c1-4-11(3)8-16(5-2)14(19)10-17-9-12(15)6-7-13(17)18/h6-7,9,11H,4-5,8,10,15H2,1-3H3. The Bertz CT molecular complexity index is 482. The summed E-state index contributed by atoms with van der Waals surface area (Å²) in [5, 5.41) is 0. The van der Waals surface area contributed by atoms with Crippen LogP contribution < -0.4 is 11.3 Å². The normalized spacial score (nSPS) is 12.2. The molecule has 0 aromatic carbocycles. The molecule has 5 heteroatoms. The van der Waals surface area contributed by atoms with Crippen LogP contribution in [0.5, 0.6) is 0 Å². The van der Waals surface area contributed by atoms with E-state index in [1.54, 1.807) is 11.0 Å². The number of amides is 1. The van der Waals surface area contributed by atoms with Crippen LogP contribution >= 0.6 is 0 Å². The van der Waals surface area contributed by atoms with Gasteiger partial charge >= 0.3 is 0 Å². The molecule has 0 saturated heterocycles. The first kappa shape index (κ1) is 15.3. The van der Waals surface area contributed by atoms with Gasteiger partial charge < -0.3 is 15.2 Å². The van der Waals surface area contributed by atoms with Crippen molar-refractivity contribution < 1.29 is 4.79 Å². The number of anilines is 1. The van der Waals surface area contributed by atoms with E-state index in [1.165, 1.54) is 16.8 Å². The molecule has 19 heavy (non-hydrogen) atoms. The van der Waals surface area contributed by atoms with Crippen molar-refractivity contribution in [3.8, 4) is 0 Å². The number of carbonyl (C=O) groups excluding carboxylic acids is 1. The Morgan fingerprint density at radius 2 is 2.11 bits per heavy atom. The summed E-state index contributed by atoms with van der Waals surface area (Å²) >= 11 is 0. The monoisotopic (exact) mass is 265 g/mol. The second kappa shape index (κ2) is 6.97. The molecule has 1 unspecified atom stereocenters. The van der Waals surface area contributed by atoms with Gasteiger partial charge in [-0.3, -0.25) is 9.59 Å². The largest absolute Gasteiger partial charge is 0.398 e. The number of aromatic nitrogens is 1. The molecule has 1 atom stereocenters. The summed E-state index contributed by atoms with van der Waals surface area (Å²) in [5.74, 6) is 0.414. The van der Waals surface area contributed by atoms with Gasteiger partial charge in [0.15, 0.2) is 0 Å². The second-order valence-corrected chi connectivity index (χ2v) is 4.87. The van der Waals surface area contributed by atoms with E-state index in [9.17, 15) is 9.59 Å². The molecule has 0 aliphatic heterocycles. The topological polar surface area (TPSA) is 68.3 Å². The van der Waals surface area contributed by atoms with Crippen LogP contribution in [0.4, 0.5) is 5.69 Å². The van der Waals surface area contributed by atoms with Crippen molar-refractivity contribution >= 4 is 11.6 Å². The summed E-state index contributed by atoms with van der Waals surface area (Å²) in [7, 11) is 0. The zero-order chi connectivity index (χ0) is 14.4. The fraction of sp³-hybridized carbons (Fsp3) is 0.571. The van der Waals surface area contributed by atoms with Crippen molar-refractivity contribution in [2.24, 2.45) is 5.92 Å². The highest BCUT2D eigenvalue weighted by Crippen LogP contribution is 2.05. The summed E-state index contributed by atoms with van der Waals surface area (Å²) in [6.07, 6.45) is 2.54. The number of carbonyl (C=O) groups is 1. The van der Waals surface area contributed by atoms with E-state index in [1.807, 2.05) is 6.92 Å². The third-order valence-corrected chi connectivity index (χ3v) is 3.28. The molecule has 0 bridgehead atoms. The molecule has 106 valence electrons. The molecule has 1 aromatic rings. The summed E-state index contributed by atoms with van der Waals surface area (Å²) < 4.78 is 1.36. The fourth-order valence-electron chi connectivity index (χ4n) is 1.83. The third kappa shape index (κ3) is 4.43. The van der Waals surface area contributed by atoms with Gasteiger partial charge in [-0.1, -0.05) is 20.3 Å². The number of nitrogens with zero attached hydrogens (tertiary/aromatic N) is 2. The first-order chi connectivity index (χ1) is 8.97. The molecule has 0 saturated carbocycles. The quantitative estimate of drug-likeness (QED) is 0.843. The van der Waals surface area contributed by atoms with E-state index in [4.69, 9.17) is 5.73 Å². The van der Waals surface area contributed by atoms with Crippen LogP contribution in [0.15, 0.2) is 23.1 Å². The molecule has 1 rings (SSSR count). The molecule has 0 radical (unpaired) electrons. The van der Waals surface area contributed by atoms with E-state index in [0.29, 0.717) is 18.2 Å². The molecule has 0 fully saturated rings. The number of nitrogen functional groups attached to an aromatic ring is 1. The van der Waals surface area contributed by atoms with E-state index in [-0.39, 0.29) is 18.0 Å². The Balaban J connectivity index is 2.76. The van der Waals surface area contributed by atoms with E-state index in [2.05, 4.69) is 13.8 Å². The van der Waals surface area contributed by atoms with Crippen LogP contribution in [0.1, 0.15) is 27.2 Å². The SMILES string of the molecule is CCC(C)CN(CC)C(=O)Cn1cc(N)ccc1=O. The molecule has 2 N–H and O–H groups in total. The van der Waals surface area contributed by atoms with Crippen LogP contribution in [-0.2, 0) is 11.3 Å². The molecule has 0 spiro atoms. The van der Waals surface area contributed by atoms with Crippen LogP contribution in [0.2, 0.25) is 0 Å². The third-order valence-electron chi connectivity index (χ3n) is 3.28. The minimum atomic E-state index is -0.206. The molecule has 5 nitrogen and oxygen atoms in total. The predicted octanol–water partition coefficient (Wildman–Crippen LogP) is 1.33. The van der Waals surface area contributed by atoms with E-state index in [0.717, 1.165) is 13.0 Å². The summed E-state index contributed by atoms with van der Waals surface area (Å²) in [6.45, 7) is 7.59. The minimum Gasteiger partial charge on any atom is -0.398 e. The Morgan fingerprint density at radius 3 is 2.68 bits per heavy atom. The maximum absolute atomic E-state index is 12.2. The highest BCUT2D eigenvalue weighted by molar-refractivity contribution is 5.76. The Hall–Kier alpha value is -1.78. The fourth-order valence-corrected chi connectivity index (χ4v) is 1.83. The van der Waals surface area contributed by atoms with Crippen molar-refractivity contribution in [3.63, 3.8) is 0 Å². The van der Waals surface area contributed by atoms with Gasteiger partial charge in [0.25, 0.3) is 5.56 Å². The van der Waals surface area contributed by atoms with Crippen LogP contribution in [0.25, 0.3) is 0 Å². The van der Waals surface area contributed by atoms with Gasteiger partial charge in [0, 0.05) is 31.0 Å². The van der Waals surface area contributed by atoms with Gasteiger partial charge in [0.1, 0.15) is 6.54 Å². The molecular formula is C14H23N3O2. The number of nitrogens with two attached hydrogens (primary N) is 1. The van der Waals surface area contributed by atoms with Gasteiger partial charge in [0.2, 0.25) is 5.91 Å². The first-order valence-electron chi connectivity index (χ1n) is 6.71. The lowest BCUT2D eigenvalue weighted by atomic mass is 10.1. The summed E-state index contributed by atoms with van der Waals surface area (Å²) in [4.78, 5) is 25.6. The van der Waals surface area contributed by atoms with E-state index < -0.39 is 0 Å². The smallest absolute Gasteiger partial charge is 0.251 e. The van der Waals surface area contributed by atoms with Crippen molar-refractivity contribution in [3.05, 3.63) is 28.7 Å². The van der Waals surface area contributed by atoms with Gasteiger partial charge in [-0.2, -0.15) is 0 Å². The lowest BCUT2D eigenvalue weighted by molar-refractivity contribution is -0.132. The average Bonchev–Trinajstić information content (AvgIpc) is 2.39. The van der Waals surface area contributed by atoms with Crippen LogP contribution in [0.3, 0.4) is 0 Å². The first-order valence-corrected chi connectivity index (χ1v) is 6.71. The molecule has 1 heterocycles. The van der Waals surface area contributed by atoms with E-state index >= 15 is 0 Å². The minimum absolute atomic E-state index is 0.0458. The number of hydrogen-bond acceptors (Lipinski definition) is 3.